The Hall–Kier alpha value is -3.39. The largest absolute Gasteiger partial charge is 0.334 e. The van der Waals surface area contributed by atoms with E-state index in [9.17, 15) is 14.4 Å². The van der Waals surface area contributed by atoms with Crippen LogP contribution < -0.4 is 5.32 Å². The van der Waals surface area contributed by atoms with Crippen LogP contribution in [0.1, 0.15) is 37.0 Å². The van der Waals surface area contributed by atoms with Crippen LogP contribution in [0.2, 0.25) is 0 Å². The van der Waals surface area contributed by atoms with Crippen LogP contribution in [0.3, 0.4) is 0 Å². The van der Waals surface area contributed by atoms with E-state index >= 15 is 0 Å². The Kier molecular flexibility index (Phi) is 7.40. The van der Waals surface area contributed by atoms with Crippen molar-refractivity contribution >= 4 is 17.8 Å². The molecular formula is C27H35N5O3. The monoisotopic (exact) mass is 477 g/mol. The number of piperazine rings is 1. The van der Waals surface area contributed by atoms with Crippen LogP contribution in [-0.4, -0.2) is 70.0 Å². The number of nitrogens with zero attached hydrogens (tertiary/aromatic N) is 4. The van der Waals surface area contributed by atoms with Crippen LogP contribution in [-0.2, 0) is 22.7 Å². The Bertz CT molecular complexity index is 1070. The van der Waals surface area contributed by atoms with Crippen molar-refractivity contribution < 1.29 is 14.4 Å². The summed E-state index contributed by atoms with van der Waals surface area (Å²) in [6.07, 6.45) is -0.0162. The highest BCUT2D eigenvalue weighted by atomic mass is 16.2. The van der Waals surface area contributed by atoms with E-state index in [1.54, 1.807) is 26.9 Å². The first-order valence-corrected chi connectivity index (χ1v) is 12.2. The van der Waals surface area contributed by atoms with Crippen molar-refractivity contribution in [2.75, 3.05) is 20.1 Å². The van der Waals surface area contributed by atoms with Crippen LogP contribution in [0, 0.1) is 12.8 Å². The summed E-state index contributed by atoms with van der Waals surface area (Å²) in [5, 5.41) is 6.26. The molecular weight excluding hydrogens is 442 g/mol. The molecule has 2 atom stereocenters. The maximum absolute atomic E-state index is 13.6. The summed E-state index contributed by atoms with van der Waals surface area (Å²) in [5.74, 6) is 0.0363. The van der Waals surface area contributed by atoms with Gasteiger partial charge in [-0.15, -0.1) is 0 Å². The topological polar surface area (TPSA) is 76.2 Å². The van der Waals surface area contributed by atoms with E-state index in [4.69, 9.17) is 0 Å². The smallest absolute Gasteiger partial charge is 0.333 e. The molecule has 0 bridgehead atoms. The van der Waals surface area contributed by atoms with Gasteiger partial charge in [-0.1, -0.05) is 74.0 Å². The summed E-state index contributed by atoms with van der Waals surface area (Å²) in [4.78, 5) is 43.7. The minimum atomic E-state index is -0.593. The van der Waals surface area contributed by atoms with Gasteiger partial charge in [0.2, 0.25) is 11.8 Å². The van der Waals surface area contributed by atoms with Crippen molar-refractivity contribution in [3.05, 3.63) is 71.3 Å². The SMILES string of the molecule is Cc1cccc(CN2C[C@H]3N(C(=O)CN(C)N3C(=O)NCc3ccccc3)[C@@H](CC(C)C)C2=O)c1. The Balaban J connectivity index is 1.61. The van der Waals surface area contributed by atoms with Crippen LogP contribution in [0.15, 0.2) is 54.6 Å². The summed E-state index contributed by atoms with van der Waals surface area (Å²) in [6, 6.07) is 16.9. The van der Waals surface area contributed by atoms with Gasteiger partial charge in [-0.3, -0.25) is 9.59 Å². The summed E-state index contributed by atoms with van der Waals surface area (Å²) in [5.41, 5.74) is 3.15. The van der Waals surface area contributed by atoms with E-state index in [0.717, 1.165) is 16.7 Å². The van der Waals surface area contributed by atoms with Gasteiger partial charge in [-0.2, -0.15) is 0 Å². The molecule has 1 N–H and O–H groups in total. The second-order valence-corrected chi connectivity index (χ2v) is 9.94. The highest BCUT2D eigenvalue weighted by Gasteiger charge is 2.50. The molecule has 8 nitrogen and oxygen atoms in total. The maximum atomic E-state index is 13.6. The fourth-order valence-corrected chi connectivity index (χ4v) is 5.01. The Morgan fingerprint density at radius 1 is 1.06 bits per heavy atom. The lowest BCUT2D eigenvalue weighted by Gasteiger charge is -2.54. The van der Waals surface area contributed by atoms with Crippen molar-refractivity contribution in [2.45, 2.75) is 52.5 Å². The van der Waals surface area contributed by atoms with Crippen molar-refractivity contribution in [3.63, 3.8) is 0 Å². The number of fused-ring (bicyclic) bond motifs is 1. The quantitative estimate of drug-likeness (QED) is 0.694. The Labute approximate surface area is 207 Å². The van der Waals surface area contributed by atoms with Gasteiger partial charge < -0.3 is 15.1 Å². The second-order valence-electron chi connectivity index (χ2n) is 9.94. The zero-order valence-corrected chi connectivity index (χ0v) is 21.0. The zero-order chi connectivity index (χ0) is 25.1. The van der Waals surface area contributed by atoms with Crippen molar-refractivity contribution in [2.24, 2.45) is 5.92 Å². The third-order valence-corrected chi connectivity index (χ3v) is 6.58. The number of amides is 4. The van der Waals surface area contributed by atoms with Gasteiger partial charge in [-0.25, -0.2) is 14.8 Å². The number of hydrogen-bond acceptors (Lipinski definition) is 4. The van der Waals surface area contributed by atoms with E-state index in [-0.39, 0.29) is 36.9 Å². The molecule has 2 aliphatic rings. The highest BCUT2D eigenvalue weighted by molar-refractivity contribution is 5.91. The zero-order valence-electron chi connectivity index (χ0n) is 21.0. The molecule has 0 unspecified atom stereocenters. The van der Waals surface area contributed by atoms with Gasteiger partial charge >= 0.3 is 6.03 Å². The minimum absolute atomic E-state index is 0.0506. The second kappa shape index (κ2) is 10.5. The highest BCUT2D eigenvalue weighted by Crippen LogP contribution is 2.29. The summed E-state index contributed by atoms with van der Waals surface area (Å²) in [7, 11) is 1.75. The lowest BCUT2D eigenvalue weighted by atomic mass is 9.96. The number of benzene rings is 2. The molecule has 35 heavy (non-hydrogen) atoms. The van der Waals surface area contributed by atoms with Gasteiger partial charge in [0.25, 0.3) is 0 Å². The van der Waals surface area contributed by atoms with Crippen molar-refractivity contribution in [3.8, 4) is 0 Å². The van der Waals surface area contributed by atoms with Crippen LogP contribution in [0.25, 0.3) is 0 Å². The molecule has 2 saturated heterocycles. The van der Waals surface area contributed by atoms with Crippen molar-refractivity contribution in [1.29, 1.82) is 0 Å². The minimum Gasteiger partial charge on any atom is -0.333 e. The van der Waals surface area contributed by atoms with Crippen molar-refractivity contribution in [1.82, 2.24) is 25.1 Å². The molecule has 8 heteroatoms. The average Bonchev–Trinajstić information content (AvgIpc) is 2.80. The molecule has 0 aromatic heterocycles. The Morgan fingerprint density at radius 2 is 1.77 bits per heavy atom. The fourth-order valence-electron chi connectivity index (χ4n) is 5.01. The van der Waals surface area contributed by atoms with Gasteiger partial charge in [0, 0.05) is 20.1 Å². The third-order valence-electron chi connectivity index (χ3n) is 6.58. The molecule has 2 aromatic carbocycles. The Morgan fingerprint density at radius 3 is 2.46 bits per heavy atom. The fraction of sp³-hybridized carbons (Fsp3) is 0.444. The predicted molar refractivity (Wildman–Crippen MR) is 134 cm³/mol. The summed E-state index contributed by atoms with van der Waals surface area (Å²) >= 11 is 0. The van der Waals surface area contributed by atoms with E-state index < -0.39 is 12.2 Å². The number of nitrogens with one attached hydrogen (secondary N) is 1. The van der Waals surface area contributed by atoms with E-state index in [1.807, 2.05) is 69.3 Å². The van der Waals surface area contributed by atoms with Gasteiger partial charge in [-0.05, 0) is 30.4 Å². The predicted octanol–water partition coefficient (Wildman–Crippen LogP) is 2.98. The van der Waals surface area contributed by atoms with Gasteiger partial charge in [0.15, 0.2) is 0 Å². The standard InChI is InChI=1S/C27H35N5O3/c1-19(2)13-23-26(34)30(16-22-12-8-9-20(3)14-22)17-24-31(23)25(33)18-29(4)32(24)27(35)28-15-21-10-6-5-7-11-21/h5-12,14,19,23-24H,13,15-18H2,1-4H3,(H,28,35)/t23-,24-/m0/s1. The summed E-state index contributed by atoms with van der Waals surface area (Å²) < 4.78 is 0. The van der Waals surface area contributed by atoms with Gasteiger partial charge in [0.05, 0.1) is 13.1 Å². The number of rotatable bonds is 6. The van der Waals surface area contributed by atoms with E-state index in [2.05, 4.69) is 11.4 Å². The number of hydrogen-bond donors (Lipinski definition) is 1. The maximum Gasteiger partial charge on any atom is 0.334 e. The molecule has 2 aromatic rings. The molecule has 0 saturated carbocycles. The van der Waals surface area contributed by atoms with Crippen LogP contribution in [0.5, 0.6) is 0 Å². The molecule has 0 radical (unpaired) electrons. The number of urea groups is 1. The first-order chi connectivity index (χ1) is 16.7. The first kappa shape index (κ1) is 24.7. The summed E-state index contributed by atoms with van der Waals surface area (Å²) in [6.45, 7) is 7.26. The average molecular weight is 478 g/mol. The molecule has 0 aliphatic carbocycles. The number of carbonyl (C=O) groups excluding carboxylic acids is 3. The number of carbonyl (C=O) groups is 3. The van der Waals surface area contributed by atoms with Crippen LogP contribution in [0.4, 0.5) is 4.79 Å². The molecule has 186 valence electrons. The molecule has 4 rings (SSSR count). The molecule has 2 fully saturated rings. The van der Waals surface area contributed by atoms with E-state index in [1.165, 1.54) is 0 Å². The molecule has 2 aliphatic heterocycles. The molecule has 4 amide bonds. The molecule has 2 heterocycles. The number of aryl methyl sites for hydroxylation is 1. The van der Waals surface area contributed by atoms with Gasteiger partial charge in [0.1, 0.15) is 12.2 Å². The lowest BCUT2D eigenvalue weighted by molar-refractivity contribution is -0.188. The number of likely N-dealkylation sites (N-methyl/N-ethyl adjacent to an activating group) is 1. The molecule has 0 spiro atoms. The van der Waals surface area contributed by atoms with E-state index in [0.29, 0.717) is 19.5 Å². The normalized spacial score (nSPS) is 20.9. The van der Waals surface area contributed by atoms with Crippen LogP contribution >= 0.6 is 0 Å². The number of hydrazine groups is 1. The third kappa shape index (κ3) is 5.48. The lowest BCUT2D eigenvalue weighted by Crippen LogP contribution is -2.75. The first-order valence-electron chi connectivity index (χ1n) is 12.2.